The van der Waals surface area contributed by atoms with Crippen molar-refractivity contribution >= 4 is 39.8 Å². The van der Waals surface area contributed by atoms with Gasteiger partial charge in [0.25, 0.3) is 0 Å². The van der Waals surface area contributed by atoms with E-state index < -0.39 is 49.2 Å². The van der Waals surface area contributed by atoms with Crippen LogP contribution in [0.1, 0.15) is 0 Å². The topological polar surface area (TPSA) is 70.1 Å². The van der Waals surface area contributed by atoms with Gasteiger partial charge in [0.2, 0.25) is 0 Å². The van der Waals surface area contributed by atoms with Crippen molar-refractivity contribution in [1.82, 2.24) is 9.78 Å². The van der Waals surface area contributed by atoms with Crippen molar-refractivity contribution in [2.75, 3.05) is 5.73 Å². The van der Waals surface area contributed by atoms with Gasteiger partial charge >= 0.3 is 11.9 Å². The quantitative estimate of drug-likeness (QED) is 0.741. The summed E-state index contributed by atoms with van der Waals surface area (Å²) in [7, 11) is -3.46. The predicted octanol–water partition coefficient (Wildman–Crippen LogP) is 4.29. The highest BCUT2D eigenvalue weighted by Gasteiger charge is 2.40. The molecule has 138 valence electrons. The van der Waals surface area contributed by atoms with Crippen LogP contribution in [0, 0.1) is 0 Å². The van der Waals surface area contributed by atoms with Gasteiger partial charge in [0.1, 0.15) is 22.2 Å². The molecule has 0 amide bonds. The molecule has 0 bridgehead atoms. The Hall–Kier alpha value is -1.66. The minimum atomic E-state index is -5.08. The molecule has 0 radical (unpaired) electrons. The standard InChI is InChI=1S/C11H5Cl2F6N3O2S/c12-5-1-4(24-10(14,15)16)2-6(13)8(5)22-9(20)7(3-21-22)25(23)11(17,18)19/h1-3H,20H2. The smallest absolute Gasteiger partial charge is 0.406 e. The van der Waals surface area contributed by atoms with E-state index in [9.17, 15) is 30.6 Å². The molecular formula is C11H5Cl2F6N3O2S. The molecule has 1 aromatic carbocycles. The Bertz CT molecular complexity index is 813. The number of ether oxygens (including phenoxy) is 1. The van der Waals surface area contributed by atoms with Crippen LogP contribution < -0.4 is 10.5 Å². The molecule has 2 rings (SSSR count). The van der Waals surface area contributed by atoms with Crippen molar-refractivity contribution in [3.05, 3.63) is 28.4 Å². The van der Waals surface area contributed by atoms with Gasteiger partial charge in [-0.1, -0.05) is 23.2 Å². The molecule has 0 aliphatic carbocycles. The number of benzene rings is 1. The van der Waals surface area contributed by atoms with Gasteiger partial charge in [-0.2, -0.15) is 18.3 Å². The molecule has 5 nitrogen and oxygen atoms in total. The minimum absolute atomic E-state index is 0.305. The molecule has 1 atom stereocenters. The second-order valence-electron chi connectivity index (χ2n) is 4.30. The Balaban J connectivity index is 2.50. The second kappa shape index (κ2) is 6.57. The third-order valence-electron chi connectivity index (χ3n) is 2.62. The number of halogens is 8. The number of hydrogen-bond acceptors (Lipinski definition) is 4. The summed E-state index contributed by atoms with van der Waals surface area (Å²) in [6.07, 6.45) is -4.42. The fraction of sp³-hybridized carbons (Fsp3) is 0.182. The van der Waals surface area contributed by atoms with E-state index in [2.05, 4.69) is 9.84 Å². The maximum Gasteiger partial charge on any atom is 0.573 e. The highest BCUT2D eigenvalue weighted by Crippen LogP contribution is 2.38. The lowest BCUT2D eigenvalue weighted by Crippen LogP contribution is -2.18. The van der Waals surface area contributed by atoms with Crippen LogP contribution in [0.5, 0.6) is 5.75 Å². The second-order valence-corrected chi connectivity index (χ2v) is 6.56. The molecule has 0 saturated carbocycles. The normalized spacial score (nSPS) is 13.8. The SMILES string of the molecule is Nc1c(S(=O)C(F)(F)F)cnn1-c1c(Cl)cc(OC(F)(F)F)cc1Cl. The summed E-state index contributed by atoms with van der Waals surface area (Å²) in [6.45, 7) is 0. The van der Waals surface area contributed by atoms with Gasteiger partial charge in [-0.3, -0.25) is 0 Å². The summed E-state index contributed by atoms with van der Waals surface area (Å²) < 4.78 is 89.8. The van der Waals surface area contributed by atoms with Crippen LogP contribution in [-0.4, -0.2) is 25.9 Å². The average Bonchev–Trinajstić information content (AvgIpc) is 2.76. The lowest BCUT2D eigenvalue weighted by Gasteiger charge is -2.13. The van der Waals surface area contributed by atoms with E-state index in [0.29, 0.717) is 10.9 Å². The molecule has 2 aromatic rings. The van der Waals surface area contributed by atoms with Crippen molar-refractivity contribution in [3.8, 4) is 11.4 Å². The molecule has 0 spiro atoms. The number of nitrogen functional groups attached to an aromatic ring is 1. The van der Waals surface area contributed by atoms with Crippen LogP contribution in [0.3, 0.4) is 0 Å². The number of rotatable bonds is 3. The third kappa shape index (κ3) is 4.30. The summed E-state index contributed by atoms with van der Waals surface area (Å²) in [4.78, 5) is -0.852. The highest BCUT2D eigenvalue weighted by atomic mass is 35.5. The third-order valence-corrected chi connectivity index (χ3v) is 4.33. The number of aromatic nitrogens is 2. The number of anilines is 1. The predicted molar refractivity (Wildman–Crippen MR) is 77.1 cm³/mol. The first-order valence-corrected chi connectivity index (χ1v) is 7.79. The molecule has 1 unspecified atom stereocenters. The molecule has 14 heteroatoms. The Morgan fingerprint density at radius 2 is 1.64 bits per heavy atom. The largest absolute Gasteiger partial charge is 0.573 e. The lowest BCUT2D eigenvalue weighted by atomic mass is 10.3. The van der Waals surface area contributed by atoms with E-state index in [0.717, 1.165) is 12.1 Å². The van der Waals surface area contributed by atoms with Crippen LogP contribution in [-0.2, 0) is 10.8 Å². The van der Waals surface area contributed by atoms with Crippen LogP contribution in [0.2, 0.25) is 10.0 Å². The Morgan fingerprint density at radius 1 is 1.12 bits per heavy atom. The Labute approximate surface area is 147 Å². The zero-order valence-corrected chi connectivity index (χ0v) is 13.8. The van der Waals surface area contributed by atoms with E-state index >= 15 is 0 Å². The molecule has 2 N–H and O–H groups in total. The van der Waals surface area contributed by atoms with Crippen molar-refractivity contribution in [2.24, 2.45) is 0 Å². The number of alkyl halides is 6. The Morgan fingerprint density at radius 3 is 2.08 bits per heavy atom. The lowest BCUT2D eigenvalue weighted by molar-refractivity contribution is -0.274. The first-order valence-electron chi connectivity index (χ1n) is 5.88. The minimum Gasteiger partial charge on any atom is -0.406 e. The first-order chi connectivity index (χ1) is 11.3. The molecule has 25 heavy (non-hydrogen) atoms. The van der Waals surface area contributed by atoms with E-state index in [4.69, 9.17) is 28.9 Å². The summed E-state index contributed by atoms with van der Waals surface area (Å²) in [5.41, 5.74) is 0.101. The zero-order chi connectivity index (χ0) is 19.2. The highest BCUT2D eigenvalue weighted by molar-refractivity contribution is 7.86. The van der Waals surface area contributed by atoms with Gasteiger partial charge in [-0.05, 0) is 0 Å². The fourth-order valence-corrected chi connectivity index (χ4v) is 3.02. The van der Waals surface area contributed by atoms with Crippen molar-refractivity contribution in [1.29, 1.82) is 0 Å². The maximum absolute atomic E-state index is 12.5. The van der Waals surface area contributed by atoms with E-state index in [1.54, 1.807) is 0 Å². The van der Waals surface area contributed by atoms with Gasteiger partial charge in [0.05, 0.1) is 16.2 Å². The van der Waals surface area contributed by atoms with Gasteiger partial charge < -0.3 is 10.5 Å². The average molecular weight is 428 g/mol. The van der Waals surface area contributed by atoms with Crippen LogP contribution in [0.25, 0.3) is 5.69 Å². The van der Waals surface area contributed by atoms with E-state index in [1.807, 2.05) is 0 Å². The van der Waals surface area contributed by atoms with E-state index in [1.165, 1.54) is 0 Å². The van der Waals surface area contributed by atoms with Crippen molar-refractivity contribution < 1.29 is 35.3 Å². The van der Waals surface area contributed by atoms with Gasteiger partial charge in [-0.15, -0.1) is 13.2 Å². The molecule has 0 fully saturated rings. The van der Waals surface area contributed by atoms with Gasteiger partial charge in [0, 0.05) is 12.1 Å². The van der Waals surface area contributed by atoms with Crippen molar-refractivity contribution in [2.45, 2.75) is 16.8 Å². The molecule has 0 aliphatic heterocycles. The molecule has 1 aromatic heterocycles. The van der Waals surface area contributed by atoms with Crippen LogP contribution >= 0.6 is 23.2 Å². The maximum atomic E-state index is 12.5. The summed E-state index contributed by atoms with van der Waals surface area (Å²) in [6, 6.07) is 1.44. The molecule has 0 saturated heterocycles. The summed E-state index contributed by atoms with van der Waals surface area (Å²) in [5, 5.41) is 2.64. The first kappa shape index (κ1) is 19.7. The summed E-state index contributed by atoms with van der Waals surface area (Å²) in [5.74, 6) is -1.44. The molecular weight excluding hydrogens is 423 g/mol. The molecule has 0 aliphatic rings. The summed E-state index contributed by atoms with van der Waals surface area (Å²) >= 11 is 11.6. The van der Waals surface area contributed by atoms with E-state index in [-0.39, 0.29) is 5.69 Å². The van der Waals surface area contributed by atoms with Gasteiger partial charge in [0.15, 0.2) is 10.8 Å². The van der Waals surface area contributed by atoms with Crippen molar-refractivity contribution in [3.63, 3.8) is 0 Å². The van der Waals surface area contributed by atoms with Crippen LogP contribution in [0.4, 0.5) is 32.2 Å². The van der Waals surface area contributed by atoms with Gasteiger partial charge in [-0.25, -0.2) is 8.89 Å². The Kier molecular flexibility index (Phi) is 5.17. The zero-order valence-electron chi connectivity index (χ0n) is 11.5. The van der Waals surface area contributed by atoms with Crippen LogP contribution in [0.15, 0.2) is 23.2 Å². The monoisotopic (exact) mass is 427 g/mol. The number of hydrogen-bond donors (Lipinski definition) is 1. The fourth-order valence-electron chi connectivity index (χ4n) is 1.73. The number of nitrogens with two attached hydrogens (primary N) is 1. The molecule has 1 heterocycles. The number of nitrogens with zero attached hydrogens (tertiary/aromatic N) is 2.